The highest BCUT2D eigenvalue weighted by Crippen LogP contribution is 2.37. The smallest absolute Gasteiger partial charge is 0.276 e. The van der Waals surface area contributed by atoms with E-state index in [-0.39, 0.29) is 11.4 Å². The first-order chi connectivity index (χ1) is 13.9. The fraction of sp³-hybridized carbons (Fsp3) is 0.350. The number of carbonyl (C=O) groups excluding carboxylic acids is 1. The summed E-state index contributed by atoms with van der Waals surface area (Å²) in [6.45, 7) is 3.30. The van der Waals surface area contributed by atoms with Gasteiger partial charge in [-0.2, -0.15) is 10.1 Å². The highest BCUT2D eigenvalue weighted by atomic mass is 19.1. The predicted molar refractivity (Wildman–Crippen MR) is 101 cm³/mol. The number of carbonyl (C=O) groups is 1. The van der Waals surface area contributed by atoms with Crippen LogP contribution in [0.3, 0.4) is 0 Å². The molecule has 2 heterocycles. The minimum absolute atomic E-state index is 0.156. The molecule has 0 atom stereocenters. The van der Waals surface area contributed by atoms with Gasteiger partial charge in [0.25, 0.3) is 5.91 Å². The number of halogens is 1. The Labute approximate surface area is 165 Å². The van der Waals surface area contributed by atoms with Crippen LogP contribution in [-0.4, -0.2) is 25.8 Å². The Morgan fingerprint density at radius 2 is 1.97 bits per heavy atom. The van der Waals surface area contributed by atoms with Crippen molar-refractivity contribution in [1.82, 2.24) is 25.2 Å². The molecule has 1 amide bonds. The van der Waals surface area contributed by atoms with Gasteiger partial charge >= 0.3 is 0 Å². The van der Waals surface area contributed by atoms with Crippen molar-refractivity contribution in [2.75, 3.05) is 0 Å². The zero-order valence-electron chi connectivity index (χ0n) is 16.1. The van der Waals surface area contributed by atoms with E-state index in [1.165, 1.54) is 22.9 Å². The summed E-state index contributed by atoms with van der Waals surface area (Å²) < 4.78 is 20.6. The molecule has 3 aromatic rings. The van der Waals surface area contributed by atoms with Crippen LogP contribution in [0.5, 0.6) is 0 Å². The molecule has 0 bridgehead atoms. The Morgan fingerprint density at radius 1 is 1.24 bits per heavy atom. The summed E-state index contributed by atoms with van der Waals surface area (Å²) >= 11 is 0. The largest absolute Gasteiger partial charge is 0.340 e. The molecule has 8 nitrogen and oxygen atoms in total. The number of nitrogens with one attached hydrogen (secondary N) is 1. The van der Waals surface area contributed by atoms with E-state index < -0.39 is 22.7 Å². The number of hydrogen-bond acceptors (Lipinski definition) is 6. The Morgan fingerprint density at radius 3 is 2.62 bits per heavy atom. The second-order valence-electron chi connectivity index (χ2n) is 7.24. The first kappa shape index (κ1) is 19.0. The van der Waals surface area contributed by atoms with Gasteiger partial charge in [-0.1, -0.05) is 30.1 Å². The number of benzene rings is 1. The second kappa shape index (κ2) is 7.23. The fourth-order valence-corrected chi connectivity index (χ4v) is 3.73. The first-order valence-corrected chi connectivity index (χ1v) is 9.39. The van der Waals surface area contributed by atoms with Crippen molar-refractivity contribution in [3.8, 4) is 5.69 Å². The van der Waals surface area contributed by atoms with E-state index in [2.05, 4.69) is 20.6 Å². The van der Waals surface area contributed by atoms with Crippen LogP contribution < -0.4 is 10.7 Å². The molecule has 2 aromatic heterocycles. The standard InChI is InChI=1S/C20H20FN5O3/c1-12-11-16(27)17(24-26(12)15-8-4-3-7-14(15)21)18(28)23-20(9-5-6-10-20)19-22-13(2)29-25-19/h3-4,7-8,11H,5-6,9-10H2,1-2H3,(H,23,28). The van der Waals surface area contributed by atoms with Crippen molar-refractivity contribution in [1.29, 1.82) is 0 Å². The van der Waals surface area contributed by atoms with Crippen molar-refractivity contribution >= 4 is 5.91 Å². The number of rotatable bonds is 4. The molecule has 1 N–H and O–H groups in total. The molecular formula is C20H20FN5O3. The molecule has 0 saturated heterocycles. The SMILES string of the molecule is Cc1nc(C2(NC(=O)c3nn(-c4ccccc4F)c(C)cc3=O)CCCC2)no1. The van der Waals surface area contributed by atoms with E-state index in [1.54, 1.807) is 26.0 Å². The lowest BCUT2D eigenvalue weighted by Crippen LogP contribution is -2.46. The van der Waals surface area contributed by atoms with E-state index in [4.69, 9.17) is 4.52 Å². The molecule has 0 unspecified atom stereocenters. The Bertz CT molecular complexity index is 1130. The van der Waals surface area contributed by atoms with Crippen LogP contribution in [-0.2, 0) is 5.54 Å². The highest BCUT2D eigenvalue weighted by Gasteiger charge is 2.42. The predicted octanol–water partition coefficient (Wildman–Crippen LogP) is 2.57. The van der Waals surface area contributed by atoms with Crippen molar-refractivity contribution < 1.29 is 13.7 Å². The number of amides is 1. The second-order valence-corrected chi connectivity index (χ2v) is 7.24. The van der Waals surface area contributed by atoms with Crippen LogP contribution in [0.4, 0.5) is 4.39 Å². The summed E-state index contributed by atoms with van der Waals surface area (Å²) in [7, 11) is 0. The molecule has 1 aliphatic rings. The first-order valence-electron chi connectivity index (χ1n) is 9.39. The van der Waals surface area contributed by atoms with Crippen molar-refractivity contribution in [3.05, 3.63) is 69.5 Å². The van der Waals surface area contributed by atoms with E-state index in [0.717, 1.165) is 12.8 Å². The van der Waals surface area contributed by atoms with Crippen LogP contribution in [0.2, 0.25) is 0 Å². The number of aromatic nitrogens is 4. The summed E-state index contributed by atoms with van der Waals surface area (Å²) in [5.74, 6) is -0.365. The molecule has 1 saturated carbocycles. The summed E-state index contributed by atoms with van der Waals surface area (Å²) in [5, 5.41) is 11.0. The zero-order chi connectivity index (χ0) is 20.6. The highest BCUT2D eigenvalue weighted by molar-refractivity contribution is 5.92. The number of nitrogens with zero attached hydrogens (tertiary/aromatic N) is 4. The van der Waals surface area contributed by atoms with Crippen LogP contribution >= 0.6 is 0 Å². The third-order valence-corrected chi connectivity index (χ3v) is 5.17. The number of hydrogen-bond donors (Lipinski definition) is 1. The molecule has 4 rings (SSSR count). The Balaban J connectivity index is 1.73. The summed E-state index contributed by atoms with van der Waals surface area (Å²) in [4.78, 5) is 29.8. The van der Waals surface area contributed by atoms with E-state index >= 15 is 0 Å². The van der Waals surface area contributed by atoms with Crippen LogP contribution in [0.25, 0.3) is 5.69 Å². The van der Waals surface area contributed by atoms with Gasteiger partial charge in [-0.05, 0) is 31.9 Å². The van der Waals surface area contributed by atoms with Crippen LogP contribution in [0, 0.1) is 19.7 Å². The molecular weight excluding hydrogens is 377 g/mol. The molecule has 0 spiro atoms. The minimum atomic E-state index is -0.809. The summed E-state index contributed by atoms with van der Waals surface area (Å²) in [5.41, 5.74) is -1.09. The molecule has 0 aliphatic heterocycles. The lowest BCUT2D eigenvalue weighted by Gasteiger charge is -2.26. The van der Waals surface area contributed by atoms with E-state index in [9.17, 15) is 14.0 Å². The fourth-order valence-electron chi connectivity index (χ4n) is 3.73. The van der Waals surface area contributed by atoms with Gasteiger partial charge in [0.1, 0.15) is 17.0 Å². The van der Waals surface area contributed by atoms with Gasteiger partial charge in [-0.25, -0.2) is 9.07 Å². The average Bonchev–Trinajstić information content (AvgIpc) is 3.32. The third kappa shape index (κ3) is 3.43. The Kier molecular flexibility index (Phi) is 4.73. The van der Waals surface area contributed by atoms with Gasteiger partial charge in [-0.15, -0.1) is 0 Å². The maximum Gasteiger partial charge on any atom is 0.276 e. The molecule has 1 aromatic carbocycles. The van der Waals surface area contributed by atoms with E-state index in [0.29, 0.717) is 30.3 Å². The van der Waals surface area contributed by atoms with Gasteiger partial charge in [0.15, 0.2) is 11.5 Å². The molecule has 1 aliphatic carbocycles. The topological polar surface area (TPSA) is 103 Å². The molecule has 1 fully saturated rings. The molecule has 9 heteroatoms. The van der Waals surface area contributed by atoms with Crippen molar-refractivity contribution in [3.63, 3.8) is 0 Å². The normalized spacial score (nSPS) is 15.4. The van der Waals surface area contributed by atoms with Gasteiger partial charge in [-0.3, -0.25) is 9.59 Å². The number of para-hydroxylation sites is 1. The zero-order valence-corrected chi connectivity index (χ0v) is 16.1. The van der Waals surface area contributed by atoms with Gasteiger partial charge in [0.05, 0.1) is 0 Å². The van der Waals surface area contributed by atoms with Crippen molar-refractivity contribution in [2.45, 2.75) is 45.1 Å². The lowest BCUT2D eigenvalue weighted by molar-refractivity contribution is 0.0883. The lowest BCUT2D eigenvalue weighted by atomic mass is 9.96. The number of aryl methyl sites for hydroxylation is 2. The molecule has 29 heavy (non-hydrogen) atoms. The monoisotopic (exact) mass is 397 g/mol. The summed E-state index contributed by atoms with van der Waals surface area (Å²) in [6.07, 6.45) is 3.03. The minimum Gasteiger partial charge on any atom is -0.340 e. The van der Waals surface area contributed by atoms with E-state index in [1.807, 2.05) is 0 Å². The molecule has 150 valence electrons. The van der Waals surface area contributed by atoms with Gasteiger partial charge < -0.3 is 9.84 Å². The third-order valence-electron chi connectivity index (χ3n) is 5.17. The van der Waals surface area contributed by atoms with Gasteiger partial charge in [0.2, 0.25) is 11.3 Å². The van der Waals surface area contributed by atoms with Crippen molar-refractivity contribution in [2.24, 2.45) is 0 Å². The van der Waals surface area contributed by atoms with Gasteiger partial charge in [0, 0.05) is 18.7 Å². The Hall–Kier alpha value is -3.36. The van der Waals surface area contributed by atoms with Crippen LogP contribution in [0.1, 0.15) is 53.6 Å². The quantitative estimate of drug-likeness (QED) is 0.726. The molecule has 0 radical (unpaired) electrons. The maximum atomic E-state index is 14.2. The summed E-state index contributed by atoms with van der Waals surface area (Å²) in [6, 6.07) is 7.31. The average molecular weight is 397 g/mol. The maximum absolute atomic E-state index is 14.2. The van der Waals surface area contributed by atoms with Crippen LogP contribution in [0.15, 0.2) is 39.6 Å².